The Labute approximate surface area is 159 Å². The Morgan fingerprint density at radius 3 is 2.71 bits per heavy atom. The summed E-state index contributed by atoms with van der Waals surface area (Å²) in [5.74, 6) is 0.274. The number of aromatic amines is 1. The molecule has 0 aliphatic rings. The summed E-state index contributed by atoms with van der Waals surface area (Å²) in [5.41, 5.74) is 2.73. The molecule has 0 radical (unpaired) electrons. The fraction of sp³-hybridized carbons (Fsp3) is 0.0500. The van der Waals surface area contributed by atoms with E-state index in [1.807, 2.05) is 31.2 Å². The second kappa shape index (κ2) is 6.92. The zero-order chi connectivity index (χ0) is 19.7. The number of aryl methyl sites for hydroxylation is 1. The highest BCUT2D eigenvalue weighted by molar-refractivity contribution is 5.92. The number of nitro benzene ring substituents is 1. The predicted octanol–water partition coefficient (Wildman–Crippen LogP) is 3.95. The largest absolute Gasteiger partial charge is 0.325 e. The SMILES string of the molecule is Cc1ccccc1Nc1nc2nccc(-c3cccc([N+](=O)[O-])c3)c2c(=O)[nH]1. The molecule has 8 nitrogen and oxygen atoms in total. The third-order valence-electron chi connectivity index (χ3n) is 4.37. The quantitative estimate of drug-likeness (QED) is 0.414. The average Bonchev–Trinajstić information content (AvgIpc) is 2.69. The highest BCUT2D eigenvalue weighted by Crippen LogP contribution is 2.28. The lowest BCUT2D eigenvalue weighted by Crippen LogP contribution is -2.13. The van der Waals surface area contributed by atoms with Gasteiger partial charge in [-0.1, -0.05) is 30.3 Å². The third-order valence-corrected chi connectivity index (χ3v) is 4.37. The van der Waals surface area contributed by atoms with Crippen molar-refractivity contribution in [3.8, 4) is 11.1 Å². The van der Waals surface area contributed by atoms with Crippen molar-refractivity contribution in [3.05, 3.63) is 86.8 Å². The Morgan fingerprint density at radius 1 is 1.11 bits per heavy atom. The first kappa shape index (κ1) is 17.3. The van der Waals surface area contributed by atoms with E-state index in [1.54, 1.807) is 18.2 Å². The number of nitrogens with one attached hydrogen (secondary N) is 2. The molecule has 0 saturated heterocycles. The van der Waals surface area contributed by atoms with E-state index in [2.05, 4.69) is 20.3 Å². The van der Waals surface area contributed by atoms with E-state index in [0.29, 0.717) is 11.1 Å². The molecule has 4 rings (SSSR count). The smallest absolute Gasteiger partial charge is 0.270 e. The van der Waals surface area contributed by atoms with Crippen LogP contribution in [-0.4, -0.2) is 19.9 Å². The van der Waals surface area contributed by atoms with Crippen molar-refractivity contribution in [2.75, 3.05) is 5.32 Å². The van der Waals surface area contributed by atoms with Crippen molar-refractivity contribution >= 4 is 28.4 Å². The van der Waals surface area contributed by atoms with Gasteiger partial charge in [0.2, 0.25) is 5.95 Å². The van der Waals surface area contributed by atoms with Crippen molar-refractivity contribution in [1.29, 1.82) is 0 Å². The highest BCUT2D eigenvalue weighted by Gasteiger charge is 2.14. The number of hydrogen-bond donors (Lipinski definition) is 2. The molecule has 2 aromatic heterocycles. The Morgan fingerprint density at radius 2 is 1.93 bits per heavy atom. The molecule has 0 spiro atoms. The van der Waals surface area contributed by atoms with E-state index in [1.165, 1.54) is 18.3 Å². The number of benzene rings is 2. The Bertz CT molecular complexity index is 1270. The summed E-state index contributed by atoms with van der Waals surface area (Å²) in [4.78, 5) is 34.7. The zero-order valence-corrected chi connectivity index (χ0v) is 14.8. The molecule has 2 aromatic carbocycles. The van der Waals surface area contributed by atoms with Gasteiger partial charge in [-0.05, 0) is 30.2 Å². The molecule has 0 atom stereocenters. The lowest BCUT2D eigenvalue weighted by Gasteiger charge is -2.10. The van der Waals surface area contributed by atoms with Gasteiger partial charge in [-0.15, -0.1) is 0 Å². The van der Waals surface area contributed by atoms with Crippen LogP contribution < -0.4 is 10.9 Å². The molecule has 0 saturated carbocycles. The van der Waals surface area contributed by atoms with E-state index < -0.39 is 4.92 Å². The number of nitrogens with zero attached hydrogens (tertiary/aromatic N) is 3. The van der Waals surface area contributed by atoms with Crippen LogP contribution in [0.15, 0.2) is 65.6 Å². The van der Waals surface area contributed by atoms with Gasteiger partial charge >= 0.3 is 0 Å². The Hall–Kier alpha value is -4.07. The van der Waals surface area contributed by atoms with Crippen LogP contribution in [-0.2, 0) is 0 Å². The lowest BCUT2D eigenvalue weighted by atomic mass is 10.0. The number of para-hydroxylation sites is 1. The minimum Gasteiger partial charge on any atom is -0.325 e. The van der Waals surface area contributed by atoms with Crippen LogP contribution >= 0.6 is 0 Å². The molecule has 0 aliphatic heterocycles. The van der Waals surface area contributed by atoms with Gasteiger partial charge in [-0.25, -0.2) is 4.98 Å². The molecule has 138 valence electrons. The topological polar surface area (TPSA) is 114 Å². The first-order chi connectivity index (χ1) is 13.5. The molecular weight excluding hydrogens is 358 g/mol. The summed E-state index contributed by atoms with van der Waals surface area (Å²) >= 11 is 0. The first-order valence-corrected chi connectivity index (χ1v) is 8.49. The standard InChI is InChI=1S/C20H15N5O3/c1-12-5-2-3-8-16(12)22-20-23-18-17(19(26)24-20)15(9-10-21-18)13-6-4-7-14(11-13)25(27)28/h2-11H,1H3,(H2,21,22,23,24,26). The van der Waals surface area contributed by atoms with Crippen LogP contribution in [0.3, 0.4) is 0 Å². The van der Waals surface area contributed by atoms with Gasteiger partial charge in [0.05, 0.1) is 10.3 Å². The molecule has 4 aromatic rings. The molecule has 8 heteroatoms. The molecular formula is C20H15N5O3. The van der Waals surface area contributed by atoms with Crippen LogP contribution in [0, 0.1) is 17.0 Å². The summed E-state index contributed by atoms with van der Waals surface area (Å²) < 4.78 is 0. The number of fused-ring (bicyclic) bond motifs is 1. The lowest BCUT2D eigenvalue weighted by molar-refractivity contribution is -0.384. The number of rotatable bonds is 4. The minimum atomic E-state index is -0.473. The van der Waals surface area contributed by atoms with Crippen LogP contribution in [0.1, 0.15) is 5.56 Å². The fourth-order valence-electron chi connectivity index (χ4n) is 2.99. The number of hydrogen-bond acceptors (Lipinski definition) is 6. The highest BCUT2D eigenvalue weighted by atomic mass is 16.6. The predicted molar refractivity (Wildman–Crippen MR) is 107 cm³/mol. The maximum atomic E-state index is 12.8. The Kier molecular flexibility index (Phi) is 4.29. The molecule has 28 heavy (non-hydrogen) atoms. The number of nitro groups is 1. The summed E-state index contributed by atoms with van der Waals surface area (Å²) in [7, 11) is 0. The van der Waals surface area contributed by atoms with Crippen LogP contribution in [0.5, 0.6) is 0 Å². The molecule has 0 bridgehead atoms. The second-order valence-corrected chi connectivity index (χ2v) is 6.22. The van der Waals surface area contributed by atoms with Crippen LogP contribution in [0.25, 0.3) is 22.2 Å². The number of aromatic nitrogens is 3. The third kappa shape index (κ3) is 3.18. The minimum absolute atomic E-state index is 0.0512. The van der Waals surface area contributed by atoms with Crippen molar-refractivity contribution < 1.29 is 4.92 Å². The average molecular weight is 373 g/mol. The van der Waals surface area contributed by atoms with E-state index >= 15 is 0 Å². The molecule has 0 fully saturated rings. The first-order valence-electron chi connectivity index (χ1n) is 8.49. The van der Waals surface area contributed by atoms with Crippen molar-refractivity contribution in [2.24, 2.45) is 0 Å². The van der Waals surface area contributed by atoms with E-state index in [9.17, 15) is 14.9 Å². The molecule has 2 N–H and O–H groups in total. The maximum absolute atomic E-state index is 12.8. The number of non-ortho nitro benzene ring substituents is 1. The van der Waals surface area contributed by atoms with Crippen molar-refractivity contribution in [2.45, 2.75) is 6.92 Å². The number of pyridine rings is 1. The van der Waals surface area contributed by atoms with Crippen LogP contribution in [0.4, 0.5) is 17.3 Å². The molecule has 0 amide bonds. The second-order valence-electron chi connectivity index (χ2n) is 6.22. The van der Waals surface area contributed by atoms with Crippen LogP contribution in [0.2, 0.25) is 0 Å². The number of anilines is 2. The molecule has 0 unspecified atom stereocenters. The summed E-state index contributed by atoms with van der Waals surface area (Å²) in [6.45, 7) is 1.94. The van der Waals surface area contributed by atoms with Gasteiger partial charge in [-0.3, -0.25) is 19.9 Å². The van der Waals surface area contributed by atoms with Gasteiger partial charge in [0.1, 0.15) is 0 Å². The van der Waals surface area contributed by atoms with Gasteiger partial charge < -0.3 is 5.32 Å². The van der Waals surface area contributed by atoms with Crippen molar-refractivity contribution in [1.82, 2.24) is 15.0 Å². The van der Waals surface area contributed by atoms with E-state index in [-0.39, 0.29) is 28.2 Å². The summed E-state index contributed by atoms with van der Waals surface area (Å²) in [6.07, 6.45) is 1.53. The monoisotopic (exact) mass is 373 g/mol. The van der Waals surface area contributed by atoms with Gasteiger partial charge in [0, 0.05) is 29.6 Å². The maximum Gasteiger partial charge on any atom is 0.270 e. The van der Waals surface area contributed by atoms with E-state index in [0.717, 1.165) is 11.3 Å². The molecule has 2 heterocycles. The Balaban J connectivity index is 1.83. The summed E-state index contributed by atoms with van der Waals surface area (Å²) in [6, 6.07) is 15.4. The van der Waals surface area contributed by atoms with Gasteiger partial charge in [0.25, 0.3) is 11.2 Å². The normalized spacial score (nSPS) is 10.8. The van der Waals surface area contributed by atoms with Crippen molar-refractivity contribution in [3.63, 3.8) is 0 Å². The van der Waals surface area contributed by atoms with Gasteiger partial charge in [0.15, 0.2) is 5.65 Å². The fourth-order valence-corrected chi connectivity index (χ4v) is 2.99. The number of H-pyrrole nitrogens is 1. The van der Waals surface area contributed by atoms with Gasteiger partial charge in [-0.2, -0.15) is 4.98 Å². The zero-order valence-electron chi connectivity index (χ0n) is 14.8. The summed E-state index contributed by atoms with van der Waals surface area (Å²) in [5, 5.41) is 14.4. The van der Waals surface area contributed by atoms with E-state index in [4.69, 9.17) is 0 Å². The molecule has 0 aliphatic carbocycles.